The van der Waals surface area contributed by atoms with E-state index >= 15 is 0 Å². The molecule has 1 aromatic carbocycles. The molecule has 108 valence electrons. The Labute approximate surface area is 129 Å². The molecule has 0 spiro atoms. The number of likely N-dealkylation sites (N-methyl/N-ethyl adjacent to an activating group) is 1. The van der Waals surface area contributed by atoms with Crippen LogP contribution in [0.25, 0.3) is 0 Å². The van der Waals surface area contributed by atoms with Crippen molar-refractivity contribution in [1.82, 2.24) is 0 Å². The Morgan fingerprint density at radius 2 is 2.25 bits per heavy atom. The monoisotopic (exact) mass is 337 g/mol. The molecule has 2 aliphatic rings. The van der Waals surface area contributed by atoms with E-state index in [0.29, 0.717) is 12.0 Å². The van der Waals surface area contributed by atoms with Crippen LogP contribution < -0.4 is 9.80 Å². The number of nitrogens with one attached hydrogen (secondary N) is 1. The first-order chi connectivity index (χ1) is 9.49. The summed E-state index contributed by atoms with van der Waals surface area (Å²) in [6.45, 7) is 6.33. The summed E-state index contributed by atoms with van der Waals surface area (Å²) in [7, 11) is 2.25. The summed E-state index contributed by atoms with van der Waals surface area (Å²) in [6, 6.07) is 6.87. The van der Waals surface area contributed by atoms with E-state index in [9.17, 15) is 4.79 Å². The predicted molar refractivity (Wildman–Crippen MR) is 84.8 cm³/mol. The fourth-order valence-electron chi connectivity index (χ4n) is 3.68. The van der Waals surface area contributed by atoms with Gasteiger partial charge in [0, 0.05) is 12.1 Å². The number of fused-ring (bicyclic) bond motifs is 3. The third-order valence-electron chi connectivity index (χ3n) is 4.65. The van der Waals surface area contributed by atoms with E-state index in [1.165, 1.54) is 11.1 Å². The molecular formula is C16H22BrN2O+. The summed E-state index contributed by atoms with van der Waals surface area (Å²) >= 11 is 3.45. The number of hydrogen-bond donors (Lipinski definition) is 1. The standard InChI is InChI=1S/C16H21BrN2O/c1-10-4-5-14-12(8-10)13-9-18(3)7-6-15(13)19(14)16(20)11(2)17/h4-5,8,11,13,15H,6-7,9H2,1-3H3/p+1/t11-,13-,15+/m1/s1. The molecule has 4 atom stereocenters. The number of anilines is 1. The van der Waals surface area contributed by atoms with Crippen LogP contribution in [0.2, 0.25) is 0 Å². The largest absolute Gasteiger partial charge is 0.337 e. The average molecular weight is 338 g/mol. The number of aryl methyl sites for hydroxylation is 1. The summed E-state index contributed by atoms with van der Waals surface area (Å²) in [5.74, 6) is 0.691. The summed E-state index contributed by atoms with van der Waals surface area (Å²) < 4.78 is 0. The number of halogens is 1. The Morgan fingerprint density at radius 1 is 1.50 bits per heavy atom. The van der Waals surface area contributed by atoms with Crippen LogP contribution in [0.15, 0.2) is 18.2 Å². The van der Waals surface area contributed by atoms with E-state index in [2.05, 4.69) is 53.0 Å². The van der Waals surface area contributed by atoms with Gasteiger partial charge in [0.2, 0.25) is 5.91 Å². The predicted octanol–water partition coefficient (Wildman–Crippen LogP) is 1.50. The first-order valence-corrected chi connectivity index (χ1v) is 8.29. The maximum absolute atomic E-state index is 12.6. The van der Waals surface area contributed by atoms with Crippen molar-refractivity contribution >= 4 is 27.5 Å². The Balaban J connectivity index is 2.06. The molecule has 4 heteroatoms. The van der Waals surface area contributed by atoms with E-state index in [0.717, 1.165) is 25.2 Å². The van der Waals surface area contributed by atoms with Gasteiger partial charge in [-0.15, -0.1) is 0 Å². The molecule has 0 aromatic heterocycles. The maximum atomic E-state index is 12.6. The zero-order chi connectivity index (χ0) is 14.4. The molecule has 1 fully saturated rings. The lowest BCUT2D eigenvalue weighted by molar-refractivity contribution is -0.886. The molecule has 1 unspecified atom stereocenters. The van der Waals surface area contributed by atoms with Gasteiger partial charge in [-0.2, -0.15) is 0 Å². The number of piperidine rings is 1. The average Bonchev–Trinajstić information content (AvgIpc) is 2.71. The van der Waals surface area contributed by atoms with Gasteiger partial charge in [-0.3, -0.25) is 4.79 Å². The van der Waals surface area contributed by atoms with Crippen LogP contribution >= 0.6 is 15.9 Å². The molecule has 1 amide bonds. The third-order valence-corrected chi connectivity index (χ3v) is 5.04. The summed E-state index contributed by atoms with van der Waals surface area (Å²) in [4.78, 5) is 16.1. The number of hydrogen-bond acceptors (Lipinski definition) is 1. The first-order valence-electron chi connectivity index (χ1n) is 7.38. The van der Waals surface area contributed by atoms with E-state index in [1.54, 1.807) is 4.90 Å². The number of rotatable bonds is 1. The van der Waals surface area contributed by atoms with Gasteiger partial charge in [0.15, 0.2) is 0 Å². The fourth-order valence-corrected chi connectivity index (χ4v) is 3.90. The molecule has 0 aliphatic carbocycles. The molecule has 0 bridgehead atoms. The lowest BCUT2D eigenvalue weighted by atomic mass is 9.89. The Hall–Kier alpha value is -0.870. The zero-order valence-corrected chi connectivity index (χ0v) is 13.9. The number of carbonyl (C=O) groups is 1. The highest BCUT2D eigenvalue weighted by Gasteiger charge is 2.46. The molecular weight excluding hydrogens is 316 g/mol. The number of benzene rings is 1. The highest BCUT2D eigenvalue weighted by molar-refractivity contribution is 9.10. The maximum Gasteiger partial charge on any atom is 0.240 e. The highest BCUT2D eigenvalue weighted by Crippen LogP contribution is 2.43. The molecule has 1 saturated heterocycles. The number of nitrogens with zero attached hydrogens (tertiary/aromatic N) is 1. The Bertz CT molecular complexity index is 543. The molecule has 3 nitrogen and oxygen atoms in total. The van der Waals surface area contributed by atoms with Gasteiger partial charge >= 0.3 is 0 Å². The van der Waals surface area contributed by atoms with Crippen molar-refractivity contribution in [2.45, 2.75) is 37.1 Å². The normalized spacial score (nSPS) is 29.8. The minimum Gasteiger partial charge on any atom is -0.337 e. The van der Waals surface area contributed by atoms with Gasteiger partial charge < -0.3 is 9.80 Å². The van der Waals surface area contributed by atoms with E-state index < -0.39 is 0 Å². The van der Waals surface area contributed by atoms with Gasteiger partial charge in [-0.05, 0) is 25.5 Å². The van der Waals surface area contributed by atoms with Crippen LogP contribution in [-0.4, -0.2) is 36.9 Å². The van der Waals surface area contributed by atoms with Crippen LogP contribution in [-0.2, 0) is 4.79 Å². The second kappa shape index (κ2) is 5.15. The highest BCUT2D eigenvalue weighted by atomic mass is 79.9. The molecule has 1 N–H and O–H groups in total. The third kappa shape index (κ3) is 2.19. The smallest absolute Gasteiger partial charge is 0.240 e. The zero-order valence-electron chi connectivity index (χ0n) is 12.3. The number of carbonyl (C=O) groups excluding carboxylic acids is 1. The molecule has 1 aromatic rings. The lowest BCUT2D eigenvalue weighted by Crippen LogP contribution is -3.11. The van der Waals surface area contributed by atoms with Crippen LogP contribution in [0, 0.1) is 6.92 Å². The second-order valence-corrected chi connectivity index (χ2v) is 7.63. The topological polar surface area (TPSA) is 24.8 Å². The molecule has 2 aliphatic heterocycles. The van der Waals surface area contributed by atoms with E-state index in [-0.39, 0.29) is 10.7 Å². The molecule has 2 heterocycles. The van der Waals surface area contributed by atoms with E-state index in [4.69, 9.17) is 0 Å². The van der Waals surface area contributed by atoms with Gasteiger partial charge in [0.1, 0.15) is 0 Å². The lowest BCUT2D eigenvalue weighted by Gasteiger charge is -2.34. The Kier molecular flexibility index (Phi) is 3.63. The molecule has 0 saturated carbocycles. The van der Waals surface area contributed by atoms with Crippen molar-refractivity contribution in [3.63, 3.8) is 0 Å². The van der Waals surface area contributed by atoms with Crippen LogP contribution in [0.3, 0.4) is 0 Å². The second-order valence-electron chi connectivity index (χ2n) is 6.26. The van der Waals surface area contributed by atoms with Gasteiger partial charge in [-0.1, -0.05) is 33.6 Å². The van der Waals surface area contributed by atoms with Crippen molar-refractivity contribution in [1.29, 1.82) is 0 Å². The van der Waals surface area contributed by atoms with Crippen molar-refractivity contribution in [2.24, 2.45) is 0 Å². The van der Waals surface area contributed by atoms with Crippen molar-refractivity contribution in [3.8, 4) is 0 Å². The molecule has 0 radical (unpaired) electrons. The summed E-state index contributed by atoms with van der Waals surface area (Å²) in [5.41, 5.74) is 3.79. The van der Waals surface area contributed by atoms with Gasteiger partial charge in [-0.25, -0.2) is 0 Å². The van der Waals surface area contributed by atoms with Gasteiger partial charge in [0.05, 0.1) is 36.9 Å². The quantitative estimate of drug-likeness (QED) is 0.771. The first kappa shape index (κ1) is 14.1. The number of amides is 1. The van der Waals surface area contributed by atoms with Crippen LogP contribution in [0.5, 0.6) is 0 Å². The Morgan fingerprint density at radius 3 is 2.95 bits per heavy atom. The van der Waals surface area contributed by atoms with E-state index in [1.807, 2.05) is 6.92 Å². The fraction of sp³-hybridized carbons (Fsp3) is 0.562. The van der Waals surface area contributed by atoms with Crippen molar-refractivity contribution in [3.05, 3.63) is 29.3 Å². The number of likely N-dealkylation sites (tertiary alicyclic amines) is 1. The molecule has 20 heavy (non-hydrogen) atoms. The van der Waals surface area contributed by atoms with Crippen molar-refractivity contribution < 1.29 is 9.69 Å². The molecule has 3 rings (SSSR count). The van der Waals surface area contributed by atoms with Crippen LogP contribution in [0.4, 0.5) is 5.69 Å². The minimum atomic E-state index is -0.123. The summed E-state index contributed by atoms with van der Waals surface area (Å²) in [6.07, 6.45) is 1.09. The van der Waals surface area contributed by atoms with Crippen LogP contribution in [0.1, 0.15) is 30.4 Å². The minimum absolute atomic E-state index is 0.123. The van der Waals surface area contributed by atoms with Crippen molar-refractivity contribution in [2.75, 3.05) is 25.0 Å². The number of quaternary nitrogens is 1. The summed E-state index contributed by atoms with van der Waals surface area (Å²) in [5, 5.41) is 0. The number of alkyl halides is 1. The van der Waals surface area contributed by atoms with Gasteiger partial charge in [0.25, 0.3) is 0 Å². The SMILES string of the molecule is Cc1ccc2c(c1)[C@H]1C[NH+](C)CC[C@@H]1N2C(=O)[C@@H](C)Br.